The number of nitrogens with one attached hydrogen (secondary N) is 1. The van der Waals surface area contributed by atoms with Crippen LogP contribution in [0, 0.1) is 12.3 Å². The number of rotatable bonds is 4. The van der Waals surface area contributed by atoms with Gasteiger partial charge in [-0.15, -0.1) is 11.3 Å². The maximum absolute atomic E-state index is 12.4. The SMILES string of the molecule is Cc1cc(S(=O)(=O)NC2CCC(C)(C)CC2)sc1CN. The summed E-state index contributed by atoms with van der Waals surface area (Å²) in [5, 5.41) is 0. The van der Waals surface area contributed by atoms with Crippen LogP contribution in [0.3, 0.4) is 0 Å². The molecule has 1 aliphatic rings. The fourth-order valence-corrected chi connectivity index (χ4v) is 5.41. The first-order chi connectivity index (χ1) is 9.23. The maximum atomic E-state index is 12.4. The molecule has 20 heavy (non-hydrogen) atoms. The van der Waals surface area contributed by atoms with Crippen molar-refractivity contribution in [2.75, 3.05) is 0 Å². The van der Waals surface area contributed by atoms with Crippen LogP contribution in [0.5, 0.6) is 0 Å². The lowest BCUT2D eigenvalue weighted by Gasteiger charge is -2.34. The van der Waals surface area contributed by atoms with Crippen molar-refractivity contribution in [1.82, 2.24) is 4.72 Å². The van der Waals surface area contributed by atoms with Crippen molar-refractivity contribution in [2.24, 2.45) is 11.1 Å². The van der Waals surface area contributed by atoms with Crippen LogP contribution in [0.15, 0.2) is 10.3 Å². The minimum absolute atomic E-state index is 0.0664. The average molecular weight is 316 g/mol. The maximum Gasteiger partial charge on any atom is 0.250 e. The van der Waals surface area contributed by atoms with Crippen LogP contribution in [-0.2, 0) is 16.6 Å². The Morgan fingerprint density at radius 1 is 1.40 bits per heavy atom. The van der Waals surface area contributed by atoms with Crippen molar-refractivity contribution in [3.05, 3.63) is 16.5 Å². The Balaban J connectivity index is 2.08. The van der Waals surface area contributed by atoms with E-state index in [0.29, 0.717) is 16.2 Å². The number of nitrogens with two attached hydrogens (primary N) is 1. The molecule has 0 amide bonds. The Labute approximate surface area is 125 Å². The van der Waals surface area contributed by atoms with Gasteiger partial charge < -0.3 is 5.73 Å². The van der Waals surface area contributed by atoms with Crippen molar-refractivity contribution < 1.29 is 8.42 Å². The monoisotopic (exact) mass is 316 g/mol. The normalized spacial score (nSPS) is 20.2. The second kappa shape index (κ2) is 5.75. The van der Waals surface area contributed by atoms with E-state index in [0.717, 1.165) is 36.1 Å². The van der Waals surface area contributed by atoms with Crippen LogP contribution in [0.2, 0.25) is 0 Å². The zero-order valence-corrected chi connectivity index (χ0v) is 14.0. The second-order valence-corrected chi connectivity index (χ2v) is 9.51. The molecule has 1 aromatic heterocycles. The highest BCUT2D eigenvalue weighted by molar-refractivity contribution is 7.91. The number of hydrogen-bond donors (Lipinski definition) is 2. The van der Waals surface area contributed by atoms with Crippen molar-refractivity contribution in [3.8, 4) is 0 Å². The molecule has 4 nitrogen and oxygen atoms in total. The average Bonchev–Trinajstić information content (AvgIpc) is 2.74. The number of sulfonamides is 1. The van der Waals surface area contributed by atoms with Gasteiger partial charge in [0.05, 0.1) is 0 Å². The largest absolute Gasteiger partial charge is 0.326 e. The third-order valence-corrected chi connectivity index (χ3v) is 7.36. The highest BCUT2D eigenvalue weighted by Gasteiger charge is 2.30. The molecule has 0 saturated heterocycles. The fraction of sp³-hybridized carbons (Fsp3) is 0.714. The molecule has 0 atom stereocenters. The lowest BCUT2D eigenvalue weighted by atomic mass is 9.76. The molecular weight excluding hydrogens is 292 g/mol. The quantitative estimate of drug-likeness (QED) is 0.897. The van der Waals surface area contributed by atoms with E-state index in [1.54, 1.807) is 6.07 Å². The van der Waals surface area contributed by atoms with Crippen molar-refractivity contribution in [2.45, 2.75) is 63.3 Å². The number of thiophene rings is 1. The van der Waals surface area contributed by atoms with E-state index in [2.05, 4.69) is 18.6 Å². The summed E-state index contributed by atoms with van der Waals surface area (Å²) in [5.74, 6) is 0. The summed E-state index contributed by atoms with van der Waals surface area (Å²) in [5.41, 5.74) is 6.92. The second-order valence-electron chi connectivity index (χ2n) is 6.44. The van der Waals surface area contributed by atoms with Crippen LogP contribution in [0.1, 0.15) is 50.0 Å². The summed E-state index contributed by atoms with van der Waals surface area (Å²) in [7, 11) is -3.40. The zero-order chi connectivity index (χ0) is 15.0. The summed E-state index contributed by atoms with van der Waals surface area (Å²) < 4.78 is 28.0. The highest BCUT2D eigenvalue weighted by Crippen LogP contribution is 2.35. The Morgan fingerprint density at radius 3 is 2.50 bits per heavy atom. The lowest BCUT2D eigenvalue weighted by Crippen LogP contribution is -2.38. The summed E-state index contributed by atoms with van der Waals surface area (Å²) in [6, 6.07) is 1.79. The van der Waals surface area contributed by atoms with Gasteiger partial charge in [0, 0.05) is 17.5 Å². The molecule has 1 aliphatic carbocycles. The smallest absolute Gasteiger partial charge is 0.250 e. The van der Waals surface area contributed by atoms with Gasteiger partial charge in [-0.1, -0.05) is 13.8 Å². The van der Waals surface area contributed by atoms with Crippen molar-refractivity contribution in [3.63, 3.8) is 0 Å². The lowest BCUT2D eigenvalue weighted by molar-refractivity contribution is 0.218. The molecule has 0 bridgehead atoms. The molecule has 0 aromatic carbocycles. The van der Waals surface area contributed by atoms with E-state index in [-0.39, 0.29) is 6.04 Å². The van der Waals surface area contributed by atoms with E-state index in [4.69, 9.17) is 5.73 Å². The molecule has 0 radical (unpaired) electrons. The first-order valence-corrected chi connectivity index (χ1v) is 9.35. The van der Waals surface area contributed by atoms with Crippen LogP contribution in [-0.4, -0.2) is 14.5 Å². The van der Waals surface area contributed by atoms with Crippen LogP contribution < -0.4 is 10.5 Å². The molecule has 0 unspecified atom stereocenters. The topological polar surface area (TPSA) is 72.2 Å². The summed E-state index contributed by atoms with van der Waals surface area (Å²) in [6.07, 6.45) is 3.97. The van der Waals surface area contributed by atoms with E-state index in [1.165, 1.54) is 11.3 Å². The Kier molecular flexibility index (Phi) is 4.59. The molecule has 1 aromatic rings. The first kappa shape index (κ1) is 15.9. The first-order valence-electron chi connectivity index (χ1n) is 7.05. The summed E-state index contributed by atoms with van der Waals surface area (Å²) in [4.78, 5) is 0.940. The summed E-state index contributed by atoms with van der Waals surface area (Å²) >= 11 is 1.28. The molecule has 3 N–H and O–H groups in total. The van der Waals surface area contributed by atoms with E-state index in [9.17, 15) is 8.42 Å². The van der Waals surface area contributed by atoms with Crippen LogP contribution in [0.4, 0.5) is 0 Å². The third-order valence-electron chi connectivity index (χ3n) is 4.11. The predicted molar refractivity (Wildman–Crippen MR) is 83.3 cm³/mol. The molecular formula is C14H24N2O2S2. The van der Waals surface area contributed by atoms with E-state index < -0.39 is 10.0 Å². The van der Waals surface area contributed by atoms with Gasteiger partial charge >= 0.3 is 0 Å². The van der Waals surface area contributed by atoms with Crippen molar-refractivity contribution >= 4 is 21.4 Å². The van der Waals surface area contributed by atoms with Gasteiger partial charge in [-0.25, -0.2) is 13.1 Å². The minimum Gasteiger partial charge on any atom is -0.326 e. The van der Waals surface area contributed by atoms with Gasteiger partial charge in [0.1, 0.15) is 4.21 Å². The van der Waals surface area contributed by atoms with Gasteiger partial charge in [0.2, 0.25) is 10.0 Å². The molecule has 0 aliphatic heterocycles. The molecule has 1 saturated carbocycles. The molecule has 1 fully saturated rings. The van der Waals surface area contributed by atoms with E-state index in [1.807, 2.05) is 6.92 Å². The van der Waals surface area contributed by atoms with Gasteiger partial charge in [0.25, 0.3) is 0 Å². The molecule has 114 valence electrons. The molecule has 0 spiro atoms. The summed E-state index contributed by atoms with van der Waals surface area (Å²) in [6.45, 7) is 6.78. The van der Waals surface area contributed by atoms with Gasteiger partial charge in [-0.2, -0.15) is 0 Å². The highest BCUT2D eigenvalue weighted by atomic mass is 32.2. The minimum atomic E-state index is -3.40. The fourth-order valence-electron chi connectivity index (χ4n) is 2.62. The van der Waals surface area contributed by atoms with Gasteiger partial charge in [0.15, 0.2) is 0 Å². The van der Waals surface area contributed by atoms with Gasteiger partial charge in [-0.05, 0) is 49.7 Å². The predicted octanol–water partition coefficient (Wildman–Crippen LogP) is 2.76. The van der Waals surface area contributed by atoms with Crippen molar-refractivity contribution in [1.29, 1.82) is 0 Å². The Morgan fingerprint density at radius 2 is 2.00 bits per heavy atom. The number of hydrogen-bond acceptors (Lipinski definition) is 4. The van der Waals surface area contributed by atoms with Crippen LogP contribution >= 0.6 is 11.3 Å². The van der Waals surface area contributed by atoms with Gasteiger partial charge in [-0.3, -0.25) is 0 Å². The molecule has 1 heterocycles. The molecule has 6 heteroatoms. The van der Waals surface area contributed by atoms with Crippen LogP contribution in [0.25, 0.3) is 0 Å². The number of aryl methyl sites for hydroxylation is 1. The van der Waals surface area contributed by atoms with E-state index >= 15 is 0 Å². The Bertz CT molecular complexity index is 566. The zero-order valence-electron chi connectivity index (χ0n) is 12.4. The standard InChI is InChI=1S/C14H24N2O2S2/c1-10-8-13(19-12(10)9-15)20(17,18)16-11-4-6-14(2,3)7-5-11/h8,11,16H,4-7,9,15H2,1-3H3. The third kappa shape index (κ3) is 3.61. The molecule has 2 rings (SSSR count). The Hall–Kier alpha value is -0.430.